The zero-order valence-corrected chi connectivity index (χ0v) is 9.01. The smallest absolute Gasteiger partial charge is 0.310 e. The van der Waals surface area contributed by atoms with Gasteiger partial charge in [-0.3, -0.25) is 14.9 Å². The summed E-state index contributed by atoms with van der Waals surface area (Å²) in [6.45, 7) is 2.23. The molecule has 0 spiro atoms. The van der Waals surface area contributed by atoms with Gasteiger partial charge in [0.2, 0.25) is 0 Å². The van der Waals surface area contributed by atoms with Crippen LogP contribution in [0.5, 0.6) is 0 Å². The first-order chi connectivity index (χ1) is 7.65. The number of ether oxygens (including phenoxy) is 1. The average molecular weight is 223 g/mol. The van der Waals surface area contributed by atoms with Gasteiger partial charge in [-0.05, 0) is 6.42 Å². The van der Waals surface area contributed by atoms with Gasteiger partial charge in [-0.1, -0.05) is 25.1 Å². The molecule has 0 atom stereocenters. The maximum Gasteiger partial charge on any atom is 0.310 e. The number of hydrogen-bond donors (Lipinski definition) is 0. The molecule has 0 saturated heterocycles. The number of carbonyl (C=O) groups is 1. The van der Waals surface area contributed by atoms with E-state index in [1.54, 1.807) is 18.2 Å². The molecule has 0 aliphatic heterocycles. The average Bonchev–Trinajstić information content (AvgIpc) is 2.27. The number of nitrogens with zero attached hydrogens (tertiary/aromatic N) is 1. The van der Waals surface area contributed by atoms with E-state index in [9.17, 15) is 14.9 Å². The van der Waals surface area contributed by atoms with Crippen molar-refractivity contribution in [1.29, 1.82) is 0 Å². The third-order valence-corrected chi connectivity index (χ3v) is 1.99. The molecule has 1 aromatic rings. The van der Waals surface area contributed by atoms with Crippen LogP contribution in [0.4, 0.5) is 5.69 Å². The van der Waals surface area contributed by atoms with Crippen LogP contribution >= 0.6 is 0 Å². The van der Waals surface area contributed by atoms with Gasteiger partial charge < -0.3 is 4.74 Å². The number of benzene rings is 1. The van der Waals surface area contributed by atoms with Crippen molar-refractivity contribution in [1.82, 2.24) is 0 Å². The highest BCUT2D eigenvalue weighted by Crippen LogP contribution is 2.18. The summed E-state index contributed by atoms with van der Waals surface area (Å²) >= 11 is 0. The molecular weight excluding hydrogens is 210 g/mol. The van der Waals surface area contributed by atoms with Gasteiger partial charge in [0.1, 0.15) is 0 Å². The second kappa shape index (κ2) is 5.85. The maximum absolute atomic E-state index is 11.3. The SMILES string of the molecule is CCCOC(=O)Cc1ccccc1[N+](=O)[O-]. The van der Waals surface area contributed by atoms with E-state index in [1.807, 2.05) is 6.92 Å². The molecule has 0 unspecified atom stereocenters. The van der Waals surface area contributed by atoms with E-state index in [0.717, 1.165) is 6.42 Å². The highest BCUT2D eigenvalue weighted by atomic mass is 16.6. The lowest BCUT2D eigenvalue weighted by Gasteiger charge is -2.03. The van der Waals surface area contributed by atoms with Crippen molar-refractivity contribution < 1.29 is 14.5 Å². The third-order valence-electron chi connectivity index (χ3n) is 1.99. The minimum Gasteiger partial charge on any atom is -0.465 e. The Morgan fingerprint density at radius 3 is 2.75 bits per heavy atom. The highest BCUT2D eigenvalue weighted by molar-refractivity contribution is 5.74. The Labute approximate surface area is 93.2 Å². The molecule has 0 bridgehead atoms. The zero-order chi connectivity index (χ0) is 12.0. The van der Waals surface area contributed by atoms with E-state index >= 15 is 0 Å². The number of nitro groups is 1. The topological polar surface area (TPSA) is 69.4 Å². The van der Waals surface area contributed by atoms with Gasteiger partial charge in [0.25, 0.3) is 5.69 Å². The molecule has 0 radical (unpaired) electrons. The monoisotopic (exact) mass is 223 g/mol. The minimum atomic E-state index is -0.498. The number of carbonyl (C=O) groups excluding carboxylic acids is 1. The van der Waals surface area contributed by atoms with Crippen LogP contribution in [0, 0.1) is 10.1 Å². The molecule has 0 aliphatic rings. The quantitative estimate of drug-likeness (QED) is 0.435. The maximum atomic E-state index is 11.3. The molecule has 0 saturated carbocycles. The van der Waals surface area contributed by atoms with Crippen LogP contribution in [0.15, 0.2) is 24.3 Å². The lowest BCUT2D eigenvalue weighted by atomic mass is 10.1. The van der Waals surface area contributed by atoms with Crippen LogP contribution in [-0.2, 0) is 16.0 Å². The summed E-state index contributed by atoms with van der Waals surface area (Å²) in [7, 11) is 0. The molecule has 1 aromatic carbocycles. The Morgan fingerprint density at radius 2 is 2.12 bits per heavy atom. The van der Waals surface area contributed by atoms with Gasteiger partial charge >= 0.3 is 5.97 Å². The van der Waals surface area contributed by atoms with Crippen LogP contribution in [-0.4, -0.2) is 17.5 Å². The lowest BCUT2D eigenvalue weighted by Crippen LogP contribution is -2.09. The fourth-order valence-corrected chi connectivity index (χ4v) is 1.26. The fraction of sp³-hybridized carbons (Fsp3) is 0.364. The first-order valence-electron chi connectivity index (χ1n) is 5.03. The molecule has 0 aromatic heterocycles. The molecule has 1 rings (SSSR count). The Bertz CT molecular complexity index is 389. The normalized spacial score (nSPS) is 9.81. The highest BCUT2D eigenvalue weighted by Gasteiger charge is 2.15. The summed E-state index contributed by atoms with van der Waals surface area (Å²) < 4.78 is 4.87. The van der Waals surface area contributed by atoms with Gasteiger partial charge in [0, 0.05) is 11.6 Å². The van der Waals surface area contributed by atoms with Crippen molar-refractivity contribution in [3.05, 3.63) is 39.9 Å². The predicted molar refractivity (Wildman–Crippen MR) is 58.1 cm³/mol. The van der Waals surface area contributed by atoms with Crippen molar-refractivity contribution in [2.75, 3.05) is 6.61 Å². The van der Waals surface area contributed by atoms with E-state index < -0.39 is 10.9 Å². The fourth-order valence-electron chi connectivity index (χ4n) is 1.26. The van der Waals surface area contributed by atoms with E-state index in [2.05, 4.69) is 0 Å². The van der Waals surface area contributed by atoms with Crippen LogP contribution < -0.4 is 0 Å². The summed E-state index contributed by atoms with van der Waals surface area (Å²) in [5.74, 6) is -0.434. The van der Waals surface area contributed by atoms with Crippen molar-refractivity contribution in [3.63, 3.8) is 0 Å². The van der Waals surface area contributed by atoms with Gasteiger partial charge in [0.05, 0.1) is 18.0 Å². The predicted octanol–water partition coefficient (Wildman–Crippen LogP) is 2.09. The van der Waals surface area contributed by atoms with Crippen LogP contribution in [0.25, 0.3) is 0 Å². The number of rotatable bonds is 5. The second-order valence-corrected chi connectivity index (χ2v) is 3.28. The molecular formula is C11H13NO4. The molecule has 0 N–H and O–H groups in total. The van der Waals surface area contributed by atoms with Gasteiger partial charge in [-0.2, -0.15) is 0 Å². The standard InChI is InChI=1S/C11H13NO4/c1-2-7-16-11(13)8-9-5-3-4-6-10(9)12(14)15/h3-6H,2,7-8H2,1H3. The molecule has 86 valence electrons. The van der Waals surface area contributed by atoms with Crippen LogP contribution in [0.2, 0.25) is 0 Å². The van der Waals surface area contributed by atoms with Crippen LogP contribution in [0.1, 0.15) is 18.9 Å². The molecule has 5 nitrogen and oxygen atoms in total. The van der Waals surface area contributed by atoms with Crippen molar-refractivity contribution in [3.8, 4) is 0 Å². The molecule has 0 aliphatic carbocycles. The number of nitro benzene ring substituents is 1. The van der Waals surface area contributed by atoms with Gasteiger partial charge in [-0.15, -0.1) is 0 Å². The first-order valence-corrected chi connectivity index (χ1v) is 5.03. The van der Waals surface area contributed by atoms with Gasteiger partial charge in [0.15, 0.2) is 0 Å². The summed E-state index contributed by atoms with van der Waals surface area (Å²) in [6.07, 6.45) is 0.680. The van der Waals surface area contributed by atoms with E-state index in [0.29, 0.717) is 12.2 Å². The summed E-state index contributed by atoms with van der Waals surface area (Å²) in [5, 5.41) is 10.7. The Balaban J connectivity index is 2.73. The molecule has 5 heteroatoms. The summed E-state index contributed by atoms with van der Waals surface area (Å²) in [5.41, 5.74) is 0.338. The number of hydrogen-bond acceptors (Lipinski definition) is 4. The summed E-state index contributed by atoms with van der Waals surface area (Å²) in [4.78, 5) is 21.5. The van der Waals surface area contributed by atoms with Crippen molar-refractivity contribution in [2.24, 2.45) is 0 Å². The Kier molecular flexibility index (Phi) is 4.44. The number of esters is 1. The Morgan fingerprint density at radius 1 is 1.44 bits per heavy atom. The summed E-state index contributed by atoms with van der Waals surface area (Å²) in [6, 6.07) is 6.17. The molecule has 0 fully saturated rings. The lowest BCUT2D eigenvalue weighted by molar-refractivity contribution is -0.385. The van der Waals surface area contributed by atoms with Crippen molar-refractivity contribution >= 4 is 11.7 Å². The van der Waals surface area contributed by atoms with Gasteiger partial charge in [-0.25, -0.2) is 0 Å². The minimum absolute atomic E-state index is 0.0454. The second-order valence-electron chi connectivity index (χ2n) is 3.28. The largest absolute Gasteiger partial charge is 0.465 e. The Hall–Kier alpha value is -1.91. The number of para-hydroxylation sites is 1. The van der Waals surface area contributed by atoms with E-state index in [1.165, 1.54) is 6.07 Å². The van der Waals surface area contributed by atoms with E-state index in [4.69, 9.17) is 4.74 Å². The van der Waals surface area contributed by atoms with Crippen molar-refractivity contribution in [2.45, 2.75) is 19.8 Å². The molecule has 0 heterocycles. The zero-order valence-electron chi connectivity index (χ0n) is 9.01. The molecule has 16 heavy (non-hydrogen) atoms. The first kappa shape index (κ1) is 12.2. The van der Waals surface area contributed by atoms with E-state index in [-0.39, 0.29) is 12.1 Å². The molecule has 0 amide bonds. The van der Waals surface area contributed by atoms with Crippen LogP contribution in [0.3, 0.4) is 0 Å². The third kappa shape index (κ3) is 3.34.